The topological polar surface area (TPSA) is 95.3 Å². The van der Waals surface area contributed by atoms with Gasteiger partial charge in [-0.3, -0.25) is 0 Å². The third-order valence-electron chi connectivity index (χ3n) is 2.80. The largest absolute Gasteiger partial charge is 0.497 e. The quantitative estimate of drug-likeness (QED) is 0.516. The molecule has 0 saturated heterocycles. The summed E-state index contributed by atoms with van der Waals surface area (Å²) in [5, 5.41) is 12.8. The smallest absolute Gasteiger partial charge is 0.336 e. The van der Waals surface area contributed by atoms with Crippen LogP contribution in [0.1, 0.15) is 10.4 Å². The van der Waals surface area contributed by atoms with Crippen molar-refractivity contribution in [1.82, 2.24) is 0 Å². The molecule has 1 N–H and O–H groups in total. The van der Waals surface area contributed by atoms with E-state index >= 15 is 0 Å². The Bertz CT molecular complexity index is 669. The van der Waals surface area contributed by atoms with Gasteiger partial charge in [-0.15, -0.1) is 0 Å². The van der Waals surface area contributed by atoms with Gasteiger partial charge >= 0.3 is 5.97 Å². The van der Waals surface area contributed by atoms with Crippen LogP contribution in [-0.2, 0) is 0 Å². The zero-order valence-electron chi connectivity index (χ0n) is 10.6. The van der Waals surface area contributed by atoms with Gasteiger partial charge < -0.3 is 9.84 Å². The minimum absolute atomic E-state index is 0.0834. The highest BCUT2D eigenvalue weighted by Crippen LogP contribution is 2.34. The Morgan fingerprint density at radius 1 is 1.25 bits per heavy atom. The normalized spacial score (nSPS) is 9.65. The van der Waals surface area contributed by atoms with Gasteiger partial charge in [0.2, 0.25) is 0 Å². The van der Waals surface area contributed by atoms with Gasteiger partial charge in [-0.05, 0) is 29.3 Å². The second kappa shape index (κ2) is 5.77. The van der Waals surface area contributed by atoms with E-state index in [1.807, 2.05) is 0 Å². The molecule has 20 heavy (non-hydrogen) atoms. The summed E-state index contributed by atoms with van der Waals surface area (Å²) in [4.78, 5) is 14.0. The van der Waals surface area contributed by atoms with Crippen molar-refractivity contribution in [3.05, 3.63) is 58.5 Å². The van der Waals surface area contributed by atoms with Crippen molar-refractivity contribution in [2.45, 2.75) is 0 Å². The number of nitrogens with zero attached hydrogens (tertiary/aromatic N) is 3. The Morgan fingerprint density at radius 2 is 1.95 bits per heavy atom. The third-order valence-corrected chi connectivity index (χ3v) is 2.80. The van der Waals surface area contributed by atoms with Crippen molar-refractivity contribution in [2.75, 3.05) is 7.11 Å². The second-order valence-corrected chi connectivity index (χ2v) is 3.92. The van der Waals surface area contributed by atoms with E-state index in [-0.39, 0.29) is 11.3 Å². The zero-order valence-corrected chi connectivity index (χ0v) is 10.6. The maximum atomic E-state index is 11.3. The maximum absolute atomic E-state index is 11.3. The monoisotopic (exact) mass is 269 g/mol. The molecule has 0 bridgehead atoms. The summed E-state index contributed by atoms with van der Waals surface area (Å²) in [5.41, 5.74) is 9.99. The van der Waals surface area contributed by atoms with Crippen molar-refractivity contribution >= 4 is 11.7 Å². The number of methoxy groups -OCH3 is 1. The fourth-order valence-corrected chi connectivity index (χ4v) is 1.91. The van der Waals surface area contributed by atoms with Crippen LogP contribution < -0.4 is 4.74 Å². The summed E-state index contributed by atoms with van der Waals surface area (Å²) in [5.74, 6) is -0.419. The van der Waals surface area contributed by atoms with E-state index in [0.717, 1.165) is 0 Å². The fourth-order valence-electron chi connectivity index (χ4n) is 1.91. The molecule has 0 atom stereocenters. The second-order valence-electron chi connectivity index (χ2n) is 3.92. The number of hydrogen-bond acceptors (Lipinski definition) is 3. The number of benzene rings is 2. The molecule has 0 fully saturated rings. The van der Waals surface area contributed by atoms with Crippen molar-refractivity contribution in [1.29, 1.82) is 0 Å². The molecule has 0 aliphatic carbocycles. The first kappa shape index (κ1) is 13.5. The van der Waals surface area contributed by atoms with Crippen LogP contribution in [0.25, 0.3) is 21.6 Å². The third kappa shape index (κ3) is 2.55. The molecule has 0 radical (unpaired) electrons. The lowest BCUT2D eigenvalue weighted by Gasteiger charge is -2.10. The average molecular weight is 269 g/mol. The van der Waals surface area contributed by atoms with E-state index in [1.54, 1.807) is 43.5 Å². The van der Waals surface area contributed by atoms with Gasteiger partial charge in [0.05, 0.1) is 12.7 Å². The number of carboxylic acid groups (broad SMARTS) is 1. The van der Waals surface area contributed by atoms with Crippen LogP contribution in [0.2, 0.25) is 0 Å². The predicted octanol–water partition coefficient (Wildman–Crippen LogP) is 4.00. The van der Waals surface area contributed by atoms with Crippen LogP contribution in [0.3, 0.4) is 0 Å². The molecular weight excluding hydrogens is 258 g/mol. The lowest BCUT2D eigenvalue weighted by molar-refractivity contribution is 0.0698. The van der Waals surface area contributed by atoms with Gasteiger partial charge in [-0.1, -0.05) is 29.4 Å². The Labute approximate surface area is 114 Å². The highest BCUT2D eigenvalue weighted by Gasteiger charge is 2.15. The summed E-state index contributed by atoms with van der Waals surface area (Å²) in [7, 11) is 1.55. The molecule has 0 aromatic heterocycles. The fraction of sp³-hybridized carbons (Fsp3) is 0.0714. The maximum Gasteiger partial charge on any atom is 0.336 e. The number of azide groups is 1. The number of carbonyl (C=O) groups is 1. The number of ether oxygens (including phenoxy) is 1. The number of aromatic carboxylic acids is 1. The number of carboxylic acids is 1. The number of rotatable bonds is 4. The molecule has 6 heteroatoms. The van der Waals surface area contributed by atoms with Crippen LogP contribution in [0, 0.1) is 0 Å². The summed E-state index contributed by atoms with van der Waals surface area (Å²) in [6, 6.07) is 11.5. The van der Waals surface area contributed by atoms with E-state index in [4.69, 9.17) is 10.3 Å². The molecule has 0 aliphatic rings. The van der Waals surface area contributed by atoms with Crippen molar-refractivity contribution in [3.63, 3.8) is 0 Å². The minimum atomic E-state index is -1.08. The van der Waals surface area contributed by atoms with E-state index in [9.17, 15) is 9.90 Å². The minimum Gasteiger partial charge on any atom is -0.497 e. The van der Waals surface area contributed by atoms with E-state index in [2.05, 4.69) is 10.0 Å². The first-order chi connectivity index (χ1) is 9.67. The summed E-state index contributed by atoms with van der Waals surface area (Å²) in [6.45, 7) is 0. The highest BCUT2D eigenvalue weighted by atomic mass is 16.5. The van der Waals surface area contributed by atoms with Gasteiger partial charge in [-0.25, -0.2) is 4.79 Å². The van der Waals surface area contributed by atoms with Gasteiger partial charge in [0.15, 0.2) is 0 Å². The van der Waals surface area contributed by atoms with Crippen molar-refractivity contribution in [2.24, 2.45) is 5.11 Å². The van der Waals surface area contributed by atoms with Crippen molar-refractivity contribution < 1.29 is 14.6 Å². The van der Waals surface area contributed by atoms with Crippen LogP contribution in [0.5, 0.6) is 5.75 Å². The standard InChI is InChI=1S/C14H11N3O3/c1-20-10-7-5-9(6-8-10)13-11(14(18)19)3-2-4-12(13)16-17-15/h2-8H,1H3,(H,18,19). The predicted molar refractivity (Wildman–Crippen MR) is 74.2 cm³/mol. The molecule has 2 aromatic rings. The molecular formula is C14H11N3O3. The molecule has 6 nitrogen and oxygen atoms in total. The summed E-state index contributed by atoms with van der Waals surface area (Å²) in [6.07, 6.45) is 0. The molecule has 2 rings (SSSR count). The Hall–Kier alpha value is -2.98. The van der Waals surface area contributed by atoms with Crippen LogP contribution >= 0.6 is 0 Å². The lowest BCUT2D eigenvalue weighted by Crippen LogP contribution is -1.99. The first-order valence-corrected chi connectivity index (χ1v) is 5.73. The molecule has 0 heterocycles. The zero-order chi connectivity index (χ0) is 14.5. The highest BCUT2D eigenvalue weighted by molar-refractivity contribution is 5.99. The SMILES string of the molecule is COc1ccc(-c2c(N=[N+]=[N-])cccc2C(=O)O)cc1. The van der Waals surface area contributed by atoms with E-state index < -0.39 is 5.97 Å². The summed E-state index contributed by atoms with van der Waals surface area (Å²) < 4.78 is 5.06. The number of hydrogen-bond donors (Lipinski definition) is 1. The van der Waals surface area contributed by atoms with Gasteiger partial charge in [0, 0.05) is 16.2 Å². The molecule has 0 aliphatic heterocycles. The molecule has 2 aromatic carbocycles. The first-order valence-electron chi connectivity index (χ1n) is 5.73. The van der Waals surface area contributed by atoms with E-state index in [0.29, 0.717) is 16.9 Å². The van der Waals surface area contributed by atoms with Crippen molar-refractivity contribution in [3.8, 4) is 16.9 Å². The Balaban J connectivity index is 2.68. The van der Waals surface area contributed by atoms with Crippen LogP contribution in [0.4, 0.5) is 5.69 Å². The van der Waals surface area contributed by atoms with E-state index in [1.165, 1.54) is 6.07 Å². The molecule has 0 saturated carbocycles. The molecule has 0 unspecified atom stereocenters. The van der Waals surface area contributed by atoms with Crippen LogP contribution in [-0.4, -0.2) is 18.2 Å². The van der Waals surface area contributed by atoms with Gasteiger partial charge in [0.25, 0.3) is 0 Å². The van der Waals surface area contributed by atoms with Crippen LogP contribution in [0.15, 0.2) is 47.6 Å². The van der Waals surface area contributed by atoms with Gasteiger partial charge in [-0.2, -0.15) is 0 Å². The lowest BCUT2D eigenvalue weighted by atomic mass is 9.98. The average Bonchev–Trinajstić information content (AvgIpc) is 2.47. The summed E-state index contributed by atoms with van der Waals surface area (Å²) >= 11 is 0. The Morgan fingerprint density at radius 3 is 2.50 bits per heavy atom. The Kier molecular flexibility index (Phi) is 3.88. The molecule has 0 spiro atoms. The molecule has 0 amide bonds. The van der Waals surface area contributed by atoms with Gasteiger partial charge in [0.1, 0.15) is 5.75 Å². The molecule has 100 valence electrons.